The van der Waals surface area contributed by atoms with Gasteiger partial charge in [0.25, 0.3) is 0 Å². The summed E-state index contributed by atoms with van der Waals surface area (Å²) in [5.74, 6) is -0.970. The van der Waals surface area contributed by atoms with Crippen LogP contribution in [0.1, 0.15) is 31.1 Å². The predicted octanol–water partition coefficient (Wildman–Crippen LogP) is 2.10. The molecule has 1 aromatic heterocycles. The molecule has 0 saturated heterocycles. The van der Waals surface area contributed by atoms with Crippen LogP contribution in [0.4, 0.5) is 0 Å². The SMILES string of the molecule is CC(C)(C)n1cc(C(=O)O)c(Br)n1. The number of carboxylic acids is 1. The van der Waals surface area contributed by atoms with E-state index < -0.39 is 5.97 Å². The first-order valence-electron chi connectivity index (χ1n) is 3.81. The molecule has 5 heteroatoms. The molecule has 0 amide bonds. The van der Waals surface area contributed by atoms with Gasteiger partial charge in [0, 0.05) is 6.20 Å². The van der Waals surface area contributed by atoms with Crippen molar-refractivity contribution in [2.75, 3.05) is 0 Å². The van der Waals surface area contributed by atoms with Crippen LogP contribution in [-0.4, -0.2) is 20.9 Å². The fourth-order valence-electron chi connectivity index (χ4n) is 0.840. The lowest BCUT2D eigenvalue weighted by Gasteiger charge is -2.18. The maximum atomic E-state index is 10.7. The molecule has 1 N–H and O–H groups in total. The molecule has 0 aromatic carbocycles. The molecular formula is C8H11BrN2O2. The van der Waals surface area contributed by atoms with Crippen LogP contribution in [0, 0.1) is 0 Å². The van der Waals surface area contributed by atoms with E-state index in [4.69, 9.17) is 5.11 Å². The smallest absolute Gasteiger partial charge is 0.340 e. The van der Waals surface area contributed by atoms with Crippen molar-refractivity contribution in [3.8, 4) is 0 Å². The van der Waals surface area contributed by atoms with E-state index in [9.17, 15) is 4.79 Å². The molecule has 1 rings (SSSR count). The molecule has 0 aliphatic heterocycles. The molecule has 1 aromatic rings. The van der Waals surface area contributed by atoms with E-state index >= 15 is 0 Å². The van der Waals surface area contributed by atoms with Crippen LogP contribution >= 0.6 is 15.9 Å². The first-order chi connectivity index (χ1) is 5.82. The van der Waals surface area contributed by atoms with Crippen LogP contribution in [0.2, 0.25) is 0 Å². The van der Waals surface area contributed by atoms with Crippen LogP contribution in [-0.2, 0) is 5.54 Å². The second-order valence-corrected chi connectivity index (χ2v) is 4.51. The Labute approximate surface area is 84.7 Å². The van der Waals surface area contributed by atoms with Crippen molar-refractivity contribution in [1.82, 2.24) is 9.78 Å². The van der Waals surface area contributed by atoms with Gasteiger partial charge in [-0.1, -0.05) is 0 Å². The number of aromatic carboxylic acids is 1. The highest BCUT2D eigenvalue weighted by Crippen LogP contribution is 2.19. The molecule has 0 saturated carbocycles. The molecule has 0 radical (unpaired) electrons. The molecule has 0 aliphatic carbocycles. The van der Waals surface area contributed by atoms with E-state index in [0.717, 1.165) is 0 Å². The molecule has 4 nitrogen and oxygen atoms in total. The van der Waals surface area contributed by atoms with Crippen molar-refractivity contribution < 1.29 is 9.90 Å². The zero-order valence-electron chi connectivity index (χ0n) is 7.71. The fourth-order valence-corrected chi connectivity index (χ4v) is 1.28. The van der Waals surface area contributed by atoms with Gasteiger partial charge in [-0.25, -0.2) is 4.79 Å². The van der Waals surface area contributed by atoms with Crippen molar-refractivity contribution >= 4 is 21.9 Å². The normalized spacial score (nSPS) is 11.7. The lowest BCUT2D eigenvalue weighted by Crippen LogP contribution is -2.22. The minimum Gasteiger partial charge on any atom is -0.478 e. The van der Waals surface area contributed by atoms with Crippen LogP contribution in [0.25, 0.3) is 0 Å². The highest BCUT2D eigenvalue weighted by Gasteiger charge is 2.19. The Morgan fingerprint density at radius 2 is 2.15 bits per heavy atom. The molecule has 0 atom stereocenters. The number of carbonyl (C=O) groups is 1. The fraction of sp³-hybridized carbons (Fsp3) is 0.500. The lowest BCUT2D eigenvalue weighted by molar-refractivity contribution is 0.0695. The Hall–Kier alpha value is -0.840. The minimum atomic E-state index is -0.970. The molecule has 0 aliphatic rings. The first kappa shape index (κ1) is 10.2. The van der Waals surface area contributed by atoms with Crippen LogP contribution in [0.5, 0.6) is 0 Å². The van der Waals surface area contributed by atoms with E-state index in [1.54, 1.807) is 4.68 Å². The summed E-state index contributed by atoms with van der Waals surface area (Å²) in [7, 11) is 0. The van der Waals surface area contributed by atoms with Crippen molar-refractivity contribution in [2.45, 2.75) is 26.3 Å². The molecule has 0 spiro atoms. The molecule has 72 valence electrons. The summed E-state index contributed by atoms with van der Waals surface area (Å²) in [6.45, 7) is 5.87. The summed E-state index contributed by atoms with van der Waals surface area (Å²) in [6, 6.07) is 0. The Balaban J connectivity index is 3.17. The maximum absolute atomic E-state index is 10.7. The van der Waals surface area contributed by atoms with Crippen molar-refractivity contribution in [2.24, 2.45) is 0 Å². The highest BCUT2D eigenvalue weighted by molar-refractivity contribution is 9.10. The Kier molecular flexibility index (Phi) is 2.47. The van der Waals surface area contributed by atoms with Gasteiger partial charge in [-0.15, -0.1) is 0 Å². The van der Waals surface area contributed by atoms with Gasteiger partial charge in [-0.2, -0.15) is 5.10 Å². The van der Waals surface area contributed by atoms with Gasteiger partial charge in [-0.05, 0) is 36.7 Å². The Morgan fingerprint density at radius 1 is 1.62 bits per heavy atom. The summed E-state index contributed by atoms with van der Waals surface area (Å²) in [5.41, 5.74) is -0.00845. The molecule has 0 bridgehead atoms. The summed E-state index contributed by atoms with van der Waals surface area (Å²) in [4.78, 5) is 10.7. The number of hydrogen-bond acceptors (Lipinski definition) is 2. The first-order valence-corrected chi connectivity index (χ1v) is 4.60. The van der Waals surface area contributed by atoms with Crippen molar-refractivity contribution in [3.05, 3.63) is 16.4 Å². The minimum absolute atomic E-state index is 0.190. The Bertz CT molecular complexity index is 338. The van der Waals surface area contributed by atoms with Crippen LogP contribution < -0.4 is 0 Å². The largest absolute Gasteiger partial charge is 0.478 e. The third-order valence-electron chi connectivity index (χ3n) is 1.59. The van der Waals surface area contributed by atoms with E-state index in [-0.39, 0.29) is 11.1 Å². The number of hydrogen-bond donors (Lipinski definition) is 1. The molecule has 1 heterocycles. The zero-order chi connectivity index (χ0) is 10.2. The Morgan fingerprint density at radius 3 is 2.38 bits per heavy atom. The summed E-state index contributed by atoms with van der Waals surface area (Å²) < 4.78 is 2.00. The monoisotopic (exact) mass is 246 g/mol. The van der Waals surface area contributed by atoms with Crippen molar-refractivity contribution in [1.29, 1.82) is 0 Å². The van der Waals surface area contributed by atoms with Gasteiger partial charge in [0.15, 0.2) is 0 Å². The van der Waals surface area contributed by atoms with E-state index in [1.165, 1.54) is 6.20 Å². The highest BCUT2D eigenvalue weighted by atomic mass is 79.9. The standard InChI is InChI=1S/C8H11BrN2O2/c1-8(2,3)11-4-5(7(12)13)6(9)10-11/h4H,1-3H3,(H,12,13). The van der Waals surface area contributed by atoms with E-state index in [2.05, 4.69) is 21.0 Å². The maximum Gasteiger partial charge on any atom is 0.340 e. The van der Waals surface area contributed by atoms with E-state index in [0.29, 0.717) is 4.60 Å². The van der Waals surface area contributed by atoms with Crippen LogP contribution in [0.3, 0.4) is 0 Å². The topological polar surface area (TPSA) is 55.1 Å². The number of nitrogens with zero attached hydrogens (tertiary/aromatic N) is 2. The predicted molar refractivity (Wildman–Crippen MR) is 51.9 cm³/mol. The molecular weight excluding hydrogens is 236 g/mol. The lowest BCUT2D eigenvalue weighted by atomic mass is 10.1. The number of rotatable bonds is 1. The summed E-state index contributed by atoms with van der Waals surface area (Å²) >= 11 is 3.10. The van der Waals surface area contributed by atoms with Gasteiger partial charge < -0.3 is 5.11 Å². The number of aromatic nitrogens is 2. The second kappa shape index (κ2) is 3.14. The van der Waals surface area contributed by atoms with E-state index in [1.807, 2.05) is 20.8 Å². The number of halogens is 1. The molecule has 0 fully saturated rings. The summed E-state index contributed by atoms with van der Waals surface area (Å²) in [6.07, 6.45) is 1.52. The quantitative estimate of drug-likeness (QED) is 0.826. The van der Waals surface area contributed by atoms with Gasteiger partial charge >= 0.3 is 5.97 Å². The average molecular weight is 247 g/mol. The zero-order valence-corrected chi connectivity index (χ0v) is 9.29. The second-order valence-electron chi connectivity index (χ2n) is 3.75. The number of carboxylic acid groups (broad SMARTS) is 1. The molecule has 0 unspecified atom stereocenters. The third-order valence-corrected chi connectivity index (χ3v) is 2.17. The summed E-state index contributed by atoms with van der Waals surface area (Å²) in [5, 5.41) is 12.8. The van der Waals surface area contributed by atoms with Crippen molar-refractivity contribution in [3.63, 3.8) is 0 Å². The van der Waals surface area contributed by atoms with Gasteiger partial charge in [0.05, 0.1) is 5.54 Å². The average Bonchev–Trinajstić information content (AvgIpc) is 2.29. The molecule has 13 heavy (non-hydrogen) atoms. The van der Waals surface area contributed by atoms with Gasteiger partial charge in [0.1, 0.15) is 10.2 Å². The van der Waals surface area contributed by atoms with Crippen LogP contribution in [0.15, 0.2) is 10.8 Å². The van der Waals surface area contributed by atoms with Gasteiger partial charge in [-0.3, -0.25) is 4.68 Å². The third kappa shape index (κ3) is 2.09. The van der Waals surface area contributed by atoms with Gasteiger partial charge in [0.2, 0.25) is 0 Å².